The van der Waals surface area contributed by atoms with Crippen molar-refractivity contribution in [3.63, 3.8) is 0 Å². The molecule has 1 aromatic heterocycles. The predicted molar refractivity (Wildman–Crippen MR) is 96.4 cm³/mol. The van der Waals surface area contributed by atoms with Gasteiger partial charge in [-0.15, -0.1) is 0 Å². The number of hydrogen-bond acceptors (Lipinski definition) is 6. The third-order valence-corrected chi connectivity index (χ3v) is 5.42. The maximum Gasteiger partial charge on any atom is 0.351 e. The maximum absolute atomic E-state index is 12.5. The lowest BCUT2D eigenvalue weighted by molar-refractivity contribution is -0.208. The second-order valence-electron chi connectivity index (χ2n) is 6.83. The van der Waals surface area contributed by atoms with E-state index in [2.05, 4.69) is 10.3 Å². The van der Waals surface area contributed by atoms with E-state index in [0.717, 1.165) is 0 Å². The molecule has 0 unspecified atom stereocenters. The van der Waals surface area contributed by atoms with Crippen LogP contribution in [0.2, 0.25) is 0 Å². The Morgan fingerprint density at radius 2 is 2.07 bits per heavy atom. The number of hydrogen-bond donors (Lipinski definition) is 2. The highest BCUT2D eigenvalue weighted by Gasteiger charge is 2.64. The number of amides is 1. The fourth-order valence-corrected chi connectivity index (χ4v) is 3.87. The van der Waals surface area contributed by atoms with Crippen molar-refractivity contribution in [3.05, 3.63) is 58.6 Å². The van der Waals surface area contributed by atoms with Crippen molar-refractivity contribution in [1.29, 1.82) is 0 Å². The van der Waals surface area contributed by atoms with Gasteiger partial charge in [0.1, 0.15) is 23.6 Å². The molecule has 2 saturated heterocycles. The molecule has 0 saturated carbocycles. The largest absolute Gasteiger partial charge is 0.387 e. The molecular weight excluding hydrogens is 350 g/mol. The van der Waals surface area contributed by atoms with Gasteiger partial charge in [-0.05, 0) is 31.5 Å². The number of carbonyl (C=O) groups excluding carboxylic acids is 1. The van der Waals surface area contributed by atoms with Crippen LogP contribution in [0.25, 0.3) is 0 Å². The molecule has 0 radical (unpaired) electrons. The molecule has 8 nitrogen and oxygen atoms in total. The normalized spacial score (nSPS) is 31.8. The molecule has 1 aromatic carbocycles. The minimum Gasteiger partial charge on any atom is -0.387 e. The number of anilines is 1. The number of aromatic nitrogens is 2. The van der Waals surface area contributed by atoms with Crippen LogP contribution >= 0.6 is 0 Å². The van der Waals surface area contributed by atoms with Crippen molar-refractivity contribution in [2.45, 2.75) is 50.4 Å². The lowest BCUT2D eigenvalue weighted by atomic mass is 9.91. The molecule has 3 heterocycles. The average molecular weight is 371 g/mol. The summed E-state index contributed by atoms with van der Waals surface area (Å²) in [6.07, 6.45) is -0.404. The lowest BCUT2D eigenvalue weighted by Crippen LogP contribution is -2.46. The zero-order valence-corrected chi connectivity index (χ0v) is 15.0. The summed E-state index contributed by atoms with van der Waals surface area (Å²) in [5.74, 6) is -0.206. The second-order valence-corrected chi connectivity index (χ2v) is 6.83. The molecule has 2 bridgehead atoms. The van der Waals surface area contributed by atoms with Crippen LogP contribution < -0.4 is 11.0 Å². The monoisotopic (exact) mass is 371 g/mol. The van der Waals surface area contributed by atoms with Crippen molar-refractivity contribution in [1.82, 2.24) is 9.55 Å². The van der Waals surface area contributed by atoms with Gasteiger partial charge in [0.2, 0.25) is 0 Å². The van der Waals surface area contributed by atoms with Crippen molar-refractivity contribution < 1.29 is 19.4 Å². The smallest absolute Gasteiger partial charge is 0.351 e. The molecule has 5 atom stereocenters. The van der Waals surface area contributed by atoms with E-state index in [0.29, 0.717) is 12.0 Å². The molecule has 2 aliphatic heterocycles. The molecule has 2 aliphatic rings. The van der Waals surface area contributed by atoms with Gasteiger partial charge in [-0.2, -0.15) is 4.98 Å². The first-order valence-corrected chi connectivity index (χ1v) is 8.93. The molecule has 0 aliphatic carbocycles. The number of fused-ring (bicyclic) bond motifs is 2. The molecular formula is C19H21N3O5. The molecule has 8 heteroatoms. The Morgan fingerprint density at radius 1 is 1.33 bits per heavy atom. The van der Waals surface area contributed by atoms with Crippen LogP contribution in [0.1, 0.15) is 36.9 Å². The van der Waals surface area contributed by atoms with Gasteiger partial charge in [0.25, 0.3) is 5.91 Å². The van der Waals surface area contributed by atoms with Crippen LogP contribution in [-0.4, -0.2) is 44.5 Å². The van der Waals surface area contributed by atoms with Crippen LogP contribution in [0.3, 0.4) is 0 Å². The first-order chi connectivity index (χ1) is 13.0. The fraction of sp³-hybridized carbons (Fsp3) is 0.421. The quantitative estimate of drug-likeness (QED) is 0.840. The van der Waals surface area contributed by atoms with Crippen molar-refractivity contribution in [3.8, 4) is 0 Å². The van der Waals surface area contributed by atoms with E-state index < -0.39 is 29.7 Å². The Labute approximate surface area is 155 Å². The molecule has 27 heavy (non-hydrogen) atoms. The summed E-state index contributed by atoms with van der Waals surface area (Å²) in [6, 6.07) is 10.2. The minimum atomic E-state index is -0.824. The first-order valence-electron chi connectivity index (χ1n) is 8.93. The molecule has 142 valence electrons. The van der Waals surface area contributed by atoms with E-state index in [1.165, 1.54) is 16.8 Å². The molecule has 2 fully saturated rings. The number of rotatable bonds is 4. The molecule has 0 spiro atoms. The van der Waals surface area contributed by atoms with E-state index in [1.54, 1.807) is 24.3 Å². The van der Waals surface area contributed by atoms with Gasteiger partial charge in [0.05, 0.1) is 6.10 Å². The maximum atomic E-state index is 12.5. The van der Waals surface area contributed by atoms with E-state index in [1.807, 2.05) is 19.9 Å². The Kier molecular flexibility index (Phi) is 4.33. The van der Waals surface area contributed by atoms with Gasteiger partial charge in [0.15, 0.2) is 6.23 Å². The summed E-state index contributed by atoms with van der Waals surface area (Å²) < 4.78 is 13.1. The second kappa shape index (κ2) is 6.56. The SMILES string of the molecule is CC[C@]12O[C@@H](n3ccc(NC(=O)c4ccccc4)nc3=O)[C@H](O[C@H]1C)[C@@H]2O. The van der Waals surface area contributed by atoms with E-state index in [9.17, 15) is 14.7 Å². The van der Waals surface area contributed by atoms with Gasteiger partial charge in [-0.25, -0.2) is 4.79 Å². The summed E-state index contributed by atoms with van der Waals surface area (Å²) in [5, 5.41) is 13.1. The van der Waals surface area contributed by atoms with Crippen LogP contribution in [-0.2, 0) is 9.47 Å². The average Bonchev–Trinajstić information content (AvgIpc) is 3.09. The summed E-state index contributed by atoms with van der Waals surface area (Å²) in [5.41, 5.74) is -0.946. The highest BCUT2D eigenvalue weighted by atomic mass is 16.7. The van der Waals surface area contributed by atoms with Gasteiger partial charge in [-0.3, -0.25) is 9.36 Å². The van der Waals surface area contributed by atoms with Crippen LogP contribution in [0, 0.1) is 0 Å². The van der Waals surface area contributed by atoms with E-state index in [4.69, 9.17) is 9.47 Å². The molecule has 1 amide bonds. The molecule has 4 rings (SSSR count). The number of nitrogens with one attached hydrogen (secondary N) is 1. The van der Waals surface area contributed by atoms with Gasteiger partial charge in [0, 0.05) is 11.8 Å². The zero-order valence-electron chi connectivity index (χ0n) is 15.0. The van der Waals surface area contributed by atoms with Crippen LogP contribution in [0.15, 0.2) is 47.4 Å². The van der Waals surface area contributed by atoms with Crippen molar-refractivity contribution >= 4 is 11.7 Å². The van der Waals surface area contributed by atoms with Gasteiger partial charge in [-0.1, -0.05) is 25.1 Å². The Balaban J connectivity index is 1.55. The third-order valence-electron chi connectivity index (χ3n) is 5.42. The standard InChI is InChI=1S/C19H21N3O5/c1-3-19-11(2)26-14(15(19)23)17(27-19)22-10-9-13(21-18(22)25)20-16(24)12-7-5-4-6-8-12/h4-11,14-15,17,23H,3H2,1-2H3,(H,20,21,24,25)/t11-,14+,15-,17+,19-/m0/s1. The highest BCUT2D eigenvalue weighted by Crippen LogP contribution is 2.49. The first kappa shape index (κ1) is 17.8. The van der Waals surface area contributed by atoms with Crippen molar-refractivity contribution in [2.75, 3.05) is 5.32 Å². The van der Waals surface area contributed by atoms with Gasteiger partial charge >= 0.3 is 5.69 Å². The number of aliphatic hydroxyl groups excluding tert-OH is 1. The van der Waals surface area contributed by atoms with Crippen LogP contribution in [0.5, 0.6) is 0 Å². The highest BCUT2D eigenvalue weighted by molar-refractivity contribution is 6.03. The van der Waals surface area contributed by atoms with E-state index >= 15 is 0 Å². The Morgan fingerprint density at radius 3 is 2.70 bits per heavy atom. The number of nitrogens with zero attached hydrogens (tertiary/aromatic N) is 2. The minimum absolute atomic E-state index is 0.147. The van der Waals surface area contributed by atoms with Gasteiger partial charge < -0.3 is 19.9 Å². The lowest BCUT2D eigenvalue weighted by Gasteiger charge is -2.35. The predicted octanol–water partition coefficient (Wildman–Crippen LogP) is 1.32. The van der Waals surface area contributed by atoms with E-state index in [-0.39, 0.29) is 17.8 Å². The third kappa shape index (κ3) is 2.77. The summed E-state index contributed by atoms with van der Waals surface area (Å²) >= 11 is 0. The number of benzene rings is 1. The summed E-state index contributed by atoms with van der Waals surface area (Å²) in [7, 11) is 0. The number of carbonyl (C=O) groups is 1. The fourth-order valence-electron chi connectivity index (χ4n) is 3.87. The molecule has 2 N–H and O–H groups in total. The van der Waals surface area contributed by atoms with Crippen molar-refractivity contribution in [2.24, 2.45) is 0 Å². The zero-order chi connectivity index (χ0) is 19.2. The number of aliphatic hydroxyl groups is 1. The Bertz CT molecular complexity index is 915. The number of ether oxygens (including phenoxy) is 2. The summed E-state index contributed by atoms with van der Waals surface area (Å²) in [4.78, 5) is 28.6. The van der Waals surface area contributed by atoms with Crippen LogP contribution in [0.4, 0.5) is 5.82 Å². The Hall–Kier alpha value is -2.55. The summed E-state index contributed by atoms with van der Waals surface area (Å²) in [6.45, 7) is 3.77. The topological polar surface area (TPSA) is 103 Å². The molecule has 2 aromatic rings.